The molecular weight excluding hydrogens is 342 g/mol. The van der Waals surface area contributed by atoms with Gasteiger partial charge in [-0.05, 0) is 53.7 Å². The van der Waals surface area contributed by atoms with E-state index < -0.39 is 21.5 Å². The zero-order chi connectivity index (χ0) is 13.6. The van der Waals surface area contributed by atoms with Crippen LogP contribution in [0.25, 0.3) is 0 Å². The van der Waals surface area contributed by atoms with Crippen LogP contribution in [0.15, 0.2) is 20.1 Å². The number of hydrogen-bond donors (Lipinski definition) is 2. The van der Waals surface area contributed by atoms with Crippen LogP contribution < -0.4 is 4.72 Å². The Balaban J connectivity index is 2.29. The maximum absolute atomic E-state index is 12.1. The lowest BCUT2D eigenvalue weighted by molar-refractivity contribution is -0.144. The first-order chi connectivity index (χ1) is 8.25. The van der Waals surface area contributed by atoms with Crippen LogP contribution in [0.5, 0.6) is 0 Å². The molecule has 1 unspecified atom stereocenters. The lowest BCUT2D eigenvalue weighted by Gasteiger charge is -2.25. The molecule has 8 heteroatoms. The van der Waals surface area contributed by atoms with Crippen molar-refractivity contribution in [3.63, 3.8) is 0 Å². The van der Waals surface area contributed by atoms with Crippen LogP contribution in [-0.2, 0) is 14.8 Å². The minimum atomic E-state index is -3.79. The maximum atomic E-state index is 12.1. The normalized spacial score (nSPS) is 19.4. The summed E-state index contributed by atoms with van der Waals surface area (Å²) < 4.78 is 27.3. The standard InChI is InChI=1S/C10H12BrNO4S2/c1-10(9(13)14,6-2-3-6)12-18(15,16)8-5-4-7(11)17-8/h4-6,12H,2-3H2,1H3,(H,13,14). The summed E-state index contributed by atoms with van der Waals surface area (Å²) in [5.74, 6) is -1.27. The number of carbonyl (C=O) groups is 1. The highest BCUT2D eigenvalue weighted by Gasteiger charge is 2.50. The minimum absolute atomic E-state index is 0.113. The van der Waals surface area contributed by atoms with Crippen molar-refractivity contribution >= 4 is 43.3 Å². The second kappa shape index (κ2) is 4.59. The van der Waals surface area contributed by atoms with E-state index in [1.54, 1.807) is 6.07 Å². The molecule has 0 aromatic carbocycles. The van der Waals surface area contributed by atoms with Crippen LogP contribution in [0.2, 0.25) is 0 Å². The van der Waals surface area contributed by atoms with E-state index in [1.807, 2.05) is 0 Å². The van der Waals surface area contributed by atoms with Crippen molar-refractivity contribution in [1.82, 2.24) is 4.72 Å². The Hall–Kier alpha value is -0.440. The first-order valence-electron chi connectivity index (χ1n) is 5.28. The number of carboxylic acids is 1. The number of rotatable bonds is 5. The molecule has 0 aliphatic heterocycles. The summed E-state index contributed by atoms with van der Waals surface area (Å²) in [5, 5.41) is 9.23. The van der Waals surface area contributed by atoms with Crippen molar-refractivity contribution in [1.29, 1.82) is 0 Å². The molecule has 1 aliphatic carbocycles. The SMILES string of the molecule is CC(NS(=O)(=O)c1ccc(Br)s1)(C(=O)O)C1CC1. The van der Waals surface area contributed by atoms with Crippen molar-refractivity contribution in [2.24, 2.45) is 5.92 Å². The first kappa shape index (κ1) is 14.0. The van der Waals surface area contributed by atoms with Gasteiger partial charge in [-0.1, -0.05) is 0 Å². The van der Waals surface area contributed by atoms with Crippen LogP contribution in [0, 0.1) is 5.92 Å². The minimum Gasteiger partial charge on any atom is -0.480 e. The van der Waals surface area contributed by atoms with E-state index in [-0.39, 0.29) is 10.1 Å². The maximum Gasteiger partial charge on any atom is 0.324 e. The summed E-state index contributed by atoms with van der Waals surface area (Å²) in [6, 6.07) is 3.07. The van der Waals surface area contributed by atoms with Crippen molar-refractivity contribution in [2.45, 2.75) is 29.5 Å². The number of nitrogens with one attached hydrogen (secondary N) is 1. The summed E-state index contributed by atoms with van der Waals surface area (Å²) in [7, 11) is -3.79. The average molecular weight is 354 g/mol. The molecule has 18 heavy (non-hydrogen) atoms. The van der Waals surface area contributed by atoms with Gasteiger partial charge in [-0.25, -0.2) is 8.42 Å². The van der Waals surface area contributed by atoms with E-state index in [0.29, 0.717) is 3.79 Å². The third-order valence-electron chi connectivity index (χ3n) is 3.00. The highest BCUT2D eigenvalue weighted by molar-refractivity contribution is 9.11. The van der Waals surface area contributed by atoms with Gasteiger partial charge in [0.1, 0.15) is 9.75 Å². The number of hydrogen-bond acceptors (Lipinski definition) is 4. The number of aliphatic carboxylic acids is 1. The van der Waals surface area contributed by atoms with Crippen LogP contribution in [-0.4, -0.2) is 25.0 Å². The second-order valence-corrected chi connectivity index (χ2v) is 8.82. The smallest absolute Gasteiger partial charge is 0.324 e. The molecule has 2 N–H and O–H groups in total. The van der Waals surface area contributed by atoms with Gasteiger partial charge in [-0.2, -0.15) is 4.72 Å². The van der Waals surface area contributed by atoms with E-state index in [2.05, 4.69) is 20.7 Å². The fraction of sp³-hybridized carbons (Fsp3) is 0.500. The lowest BCUT2D eigenvalue weighted by atomic mass is 9.98. The monoisotopic (exact) mass is 353 g/mol. The molecule has 1 aromatic heterocycles. The fourth-order valence-electron chi connectivity index (χ4n) is 1.73. The molecule has 1 fully saturated rings. The molecular formula is C10H12BrNO4S2. The molecule has 100 valence electrons. The van der Waals surface area contributed by atoms with Crippen LogP contribution in [0.3, 0.4) is 0 Å². The Morgan fingerprint density at radius 3 is 2.56 bits per heavy atom. The molecule has 5 nitrogen and oxygen atoms in total. The van der Waals surface area contributed by atoms with E-state index in [0.717, 1.165) is 24.2 Å². The highest BCUT2D eigenvalue weighted by atomic mass is 79.9. The predicted octanol–water partition coefficient (Wildman–Crippen LogP) is 2.04. The van der Waals surface area contributed by atoms with E-state index in [4.69, 9.17) is 0 Å². The molecule has 1 aliphatic rings. The van der Waals surface area contributed by atoms with Crippen LogP contribution in [0.1, 0.15) is 19.8 Å². The number of halogens is 1. The van der Waals surface area contributed by atoms with E-state index >= 15 is 0 Å². The molecule has 2 rings (SSSR count). The molecule has 0 amide bonds. The molecule has 0 radical (unpaired) electrons. The van der Waals surface area contributed by atoms with Crippen molar-refractivity contribution < 1.29 is 18.3 Å². The van der Waals surface area contributed by atoms with E-state index in [9.17, 15) is 18.3 Å². The van der Waals surface area contributed by atoms with E-state index in [1.165, 1.54) is 13.0 Å². The fourth-order valence-corrected chi connectivity index (χ4v) is 5.17. The number of carboxylic acid groups (broad SMARTS) is 1. The Bertz CT molecular complexity index is 578. The van der Waals surface area contributed by atoms with Gasteiger partial charge in [0.05, 0.1) is 3.79 Å². The molecule has 0 bridgehead atoms. The zero-order valence-electron chi connectivity index (χ0n) is 9.51. The molecule has 1 heterocycles. The largest absolute Gasteiger partial charge is 0.480 e. The van der Waals surface area contributed by atoms with Gasteiger partial charge in [0.2, 0.25) is 0 Å². The Morgan fingerprint density at radius 2 is 2.17 bits per heavy atom. The first-order valence-corrected chi connectivity index (χ1v) is 8.38. The third-order valence-corrected chi connectivity index (χ3v) is 6.68. The topological polar surface area (TPSA) is 83.5 Å². The second-order valence-electron chi connectivity index (χ2n) is 4.45. The molecule has 0 spiro atoms. The van der Waals surface area contributed by atoms with Gasteiger partial charge in [0.15, 0.2) is 0 Å². The quantitative estimate of drug-likeness (QED) is 0.848. The lowest BCUT2D eigenvalue weighted by Crippen LogP contribution is -2.53. The van der Waals surface area contributed by atoms with Gasteiger partial charge >= 0.3 is 5.97 Å². The van der Waals surface area contributed by atoms with Gasteiger partial charge in [0, 0.05) is 0 Å². The van der Waals surface area contributed by atoms with Gasteiger partial charge in [-0.15, -0.1) is 11.3 Å². The van der Waals surface area contributed by atoms with Crippen molar-refractivity contribution in [3.05, 3.63) is 15.9 Å². The predicted molar refractivity (Wildman–Crippen MR) is 71.1 cm³/mol. The summed E-state index contributed by atoms with van der Waals surface area (Å²) in [5.41, 5.74) is -1.42. The summed E-state index contributed by atoms with van der Waals surface area (Å²) in [6.07, 6.45) is 1.47. The zero-order valence-corrected chi connectivity index (χ0v) is 12.7. The number of sulfonamides is 1. The third kappa shape index (κ3) is 2.61. The highest BCUT2D eigenvalue weighted by Crippen LogP contribution is 2.41. The van der Waals surface area contributed by atoms with Crippen molar-refractivity contribution in [3.8, 4) is 0 Å². The molecule has 1 aromatic rings. The van der Waals surface area contributed by atoms with Crippen LogP contribution >= 0.6 is 27.3 Å². The summed E-state index contributed by atoms with van der Waals surface area (Å²) >= 11 is 4.24. The average Bonchev–Trinajstić information content (AvgIpc) is 3.01. The molecule has 1 atom stereocenters. The van der Waals surface area contributed by atoms with Crippen molar-refractivity contribution in [2.75, 3.05) is 0 Å². The number of thiophene rings is 1. The van der Waals surface area contributed by atoms with Gasteiger partial charge in [0.25, 0.3) is 10.0 Å². The molecule has 1 saturated carbocycles. The summed E-state index contributed by atoms with van der Waals surface area (Å²) in [6.45, 7) is 1.42. The Morgan fingerprint density at radius 1 is 1.56 bits per heavy atom. The molecule has 0 saturated heterocycles. The van der Waals surface area contributed by atoms with Gasteiger partial charge in [-0.3, -0.25) is 4.79 Å². The Labute approximate surface area is 117 Å². The Kier molecular flexibility index (Phi) is 3.56. The van der Waals surface area contributed by atoms with Crippen LogP contribution in [0.4, 0.5) is 0 Å². The van der Waals surface area contributed by atoms with Gasteiger partial charge < -0.3 is 5.11 Å². The summed E-state index contributed by atoms with van der Waals surface area (Å²) in [4.78, 5) is 11.3.